The van der Waals surface area contributed by atoms with Crippen LogP contribution in [0.3, 0.4) is 0 Å². The molecule has 0 bridgehead atoms. The summed E-state index contributed by atoms with van der Waals surface area (Å²) in [6, 6.07) is 5.30. The van der Waals surface area contributed by atoms with Crippen LogP contribution in [0.25, 0.3) is 6.08 Å². The summed E-state index contributed by atoms with van der Waals surface area (Å²) in [5, 5.41) is 3.25. The molecule has 0 saturated carbocycles. The Morgan fingerprint density at radius 2 is 2.37 bits per heavy atom. The third kappa shape index (κ3) is 2.46. The van der Waals surface area contributed by atoms with E-state index >= 15 is 0 Å². The lowest BCUT2D eigenvalue weighted by Gasteiger charge is -2.17. The van der Waals surface area contributed by atoms with Gasteiger partial charge < -0.3 is 9.72 Å². The molecule has 2 N–H and O–H groups in total. The molecule has 0 saturated heterocycles. The number of aromatic amines is 1. The number of anilines is 1. The van der Waals surface area contributed by atoms with Crippen molar-refractivity contribution in [2.75, 3.05) is 11.9 Å². The molecule has 1 aromatic heterocycles. The largest absolute Gasteiger partial charge is 0.488 e. The average molecular weight is 276 g/mol. The molecule has 1 aromatic carbocycles. The fourth-order valence-electron chi connectivity index (χ4n) is 1.80. The van der Waals surface area contributed by atoms with E-state index in [4.69, 9.17) is 16.3 Å². The summed E-state index contributed by atoms with van der Waals surface area (Å²) in [7, 11) is 0. The summed E-state index contributed by atoms with van der Waals surface area (Å²) in [6.45, 7) is 0.223. The minimum atomic E-state index is -0.249. The van der Waals surface area contributed by atoms with Crippen LogP contribution in [0.4, 0.5) is 5.95 Å². The fraction of sp³-hybridized carbons (Fsp3) is 0.0769. The van der Waals surface area contributed by atoms with Gasteiger partial charge in [-0.05, 0) is 24.3 Å². The number of fused-ring (bicyclic) bond motifs is 1. The van der Waals surface area contributed by atoms with Gasteiger partial charge >= 0.3 is 0 Å². The van der Waals surface area contributed by atoms with E-state index in [-0.39, 0.29) is 12.5 Å². The van der Waals surface area contributed by atoms with Crippen LogP contribution in [0, 0.1) is 0 Å². The lowest BCUT2D eigenvalue weighted by atomic mass is 10.1. The van der Waals surface area contributed by atoms with Crippen molar-refractivity contribution in [3.8, 4) is 5.75 Å². The van der Waals surface area contributed by atoms with Crippen LogP contribution < -0.4 is 10.1 Å². The van der Waals surface area contributed by atoms with Crippen molar-refractivity contribution in [1.29, 1.82) is 0 Å². The highest BCUT2D eigenvalue weighted by Crippen LogP contribution is 2.29. The molecule has 0 radical (unpaired) electrons. The van der Waals surface area contributed by atoms with Gasteiger partial charge in [0.2, 0.25) is 5.95 Å². The quantitative estimate of drug-likeness (QED) is 0.885. The van der Waals surface area contributed by atoms with Crippen molar-refractivity contribution in [3.05, 3.63) is 46.8 Å². The van der Waals surface area contributed by atoms with Crippen molar-refractivity contribution in [3.63, 3.8) is 0 Å². The molecular weight excluding hydrogens is 266 g/mol. The fourth-order valence-corrected chi connectivity index (χ4v) is 1.98. The molecule has 0 fully saturated rings. The summed E-state index contributed by atoms with van der Waals surface area (Å²) in [5.74, 6) is 0.877. The summed E-state index contributed by atoms with van der Waals surface area (Å²) in [6.07, 6.45) is 4.97. The van der Waals surface area contributed by atoms with Crippen LogP contribution in [-0.4, -0.2) is 22.5 Å². The number of ether oxygens (including phenoxy) is 1. The second-order valence-electron chi connectivity index (χ2n) is 4.03. The maximum Gasteiger partial charge on any atom is 0.257 e. The van der Waals surface area contributed by atoms with E-state index in [2.05, 4.69) is 15.3 Å². The van der Waals surface area contributed by atoms with Crippen LogP contribution >= 0.6 is 11.6 Å². The number of H-pyrrole nitrogens is 1. The molecule has 0 unspecified atom stereocenters. The zero-order valence-electron chi connectivity index (χ0n) is 9.81. The Morgan fingerprint density at radius 3 is 3.16 bits per heavy atom. The van der Waals surface area contributed by atoms with Gasteiger partial charge in [-0.2, -0.15) is 0 Å². The van der Waals surface area contributed by atoms with Gasteiger partial charge in [0.15, 0.2) is 0 Å². The Labute approximate surface area is 114 Å². The monoisotopic (exact) mass is 275 g/mol. The highest BCUT2D eigenvalue weighted by Gasteiger charge is 2.18. The Balaban J connectivity index is 1.84. The molecule has 1 aliphatic rings. The van der Waals surface area contributed by atoms with E-state index in [0.717, 1.165) is 11.3 Å². The smallest absolute Gasteiger partial charge is 0.257 e. The topological polar surface area (TPSA) is 67.0 Å². The number of aromatic nitrogens is 2. The first-order chi connectivity index (χ1) is 9.22. The number of hydrogen-bond donors (Lipinski definition) is 2. The Hall–Kier alpha value is -2.27. The lowest BCUT2D eigenvalue weighted by Crippen LogP contribution is -2.21. The molecular formula is C13H10ClN3O2. The van der Waals surface area contributed by atoms with Gasteiger partial charge in [0.05, 0.1) is 5.57 Å². The van der Waals surface area contributed by atoms with Gasteiger partial charge in [0.25, 0.3) is 5.91 Å². The van der Waals surface area contributed by atoms with Gasteiger partial charge in [-0.15, -0.1) is 0 Å². The molecule has 0 aliphatic carbocycles. The molecule has 2 heterocycles. The van der Waals surface area contributed by atoms with Crippen molar-refractivity contribution in [1.82, 2.24) is 9.97 Å². The van der Waals surface area contributed by atoms with Crippen LogP contribution in [0.15, 0.2) is 36.2 Å². The van der Waals surface area contributed by atoms with E-state index in [0.29, 0.717) is 16.5 Å². The van der Waals surface area contributed by atoms with E-state index < -0.39 is 0 Å². The molecule has 0 spiro atoms. The highest BCUT2D eigenvalue weighted by atomic mass is 35.5. The standard InChI is InChI=1S/C13H10ClN3O2/c14-10-1-2-11-8(6-10)5-9(7-19-11)12(18)17-13-15-3-4-16-13/h1-6H,7H2,(H2,15,16,17,18). The second-order valence-corrected chi connectivity index (χ2v) is 4.47. The maximum absolute atomic E-state index is 12.0. The van der Waals surface area contributed by atoms with Crippen molar-refractivity contribution >= 4 is 29.5 Å². The molecule has 19 heavy (non-hydrogen) atoms. The molecule has 1 aliphatic heterocycles. The Bertz CT molecular complexity index is 650. The van der Waals surface area contributed by atoms with Gasteiger partial charge in [0.1, 0.15) is 12.4 Å². The molecule has 96 valence electrons. The van der Waals surface area contributed by atoms with E-state index in [9.17, 15) is 4.79 Å². The number of imidazole rings is 1. The van der Waals surface area contributed by atoms with E-state index in [1.807, 2.05) is 0 Å². The van der Waals surface area contributed by atoms with Gasteiger partial charge in [-0.3, -0.25) is 10.1 Å². The molecule has 5 nitrogen and oxygen atoms in total. The first kappa shape index (κ1) is 11.8. The minimum absolute atomic E-state index is 0.223. The van der Waals surface area contributed by atoms with Crippen LogP contribution in [0.1, 0.15) is 5.56 Å². The zero-order valence-corrected chi connectivity index (χ0v) is 10.6. The molecule has 3 rings (SSSR count). The van der Waals surface area contributed by atoms with Crippen molar-refractivity contribution < 1.29 is 9.53 Å². The van der Waals surface area contributed by atoms with Crippen molar-refractivity contribution in [2.24, 2.45) is 0 Å². The molecule has 0 atom stereocenters. The highest BCUT2D eigenvalue weighted by molar-refractivity contribution is 6.30. The van der Waals surface area contributed by atoms with Crippen LogP contribution in [-0.2, 0) is 4.79 Å². The number of hydrogen-bond acceptors (Lipinski definition) is 3. The van der Waals surface area contributed by atoms with Gasteiger partial charge in [-0.25, -0.2) is 4.98 Å². The summed E-state index contributed by atoms with van der Waals surface area (Å²) >= 11 is 5.92. The normalized spacial score (nSPS) is 13.2. The van der Waals surface area contributed by atoms with Crippen LogP contribution in [0.2, 0.25) is 5.02 Å². The first-order valence-electron chi connectivity index (χ1n) is 5.66. The minimum Gasteiger partial charge on any atom is -0.488 e. The number of halogens is 1. The number of amides is 1. The number of nitrogens with one attached hydrogen (secondary N) is 2. The van der Waals surface area contributed by atoms with Gasteiger partial charge in [0, 0.05) is 23.0 Å². The average Bonchev–Trinajstić information content (AvgIpc) is 2.90. The Morgan fingerprint density at radius 1 is 1.47 bits per heavy atom. The first-order valence-corrected chi connectivity index (χ1v) is 6.04. The zero-order chi connectivity index (χ0) is 13.2. The maximum atomic E-state index is 12.0. The predicted molar refractivity (Wildman–Crippen MR) is 72.1 cm³/mol. The van der Waals surface area contributed by atoms with Gasteiger partial charge in [-0.1, -0.05) is 11.6 Å². The third-order valence-electron chi connectivity index (χ3n) is 2.71. The number of rotatable bonds is 2. The number of carbonyl (C=O) groups is 1. The lowest BCUT2D eigenvalue weighted by molar-refractivity contribution is -0.113. The predicted octanol–water partition coefficient (Wildman–Crippen LogP) is 2.48. The van der Waals surface area contributed by atoms with Crippen molar-refractivity contribution in [2.45, 2.75) is 0 Å². The third-order valence-corrected chi connectivity index (χ3v) is 2.94. The SMILES string of the molecule is O=C(Nc1ncc[nH]1)C1=Cc2cc(Cl)ccc2OC1. The second kappa shape index (κ2) is 4.78. The number of benzene rings is 1. The Kier molecular flexibility index (Phi) is 2.97. The molecule has 1 amide bonds. The summed E-state index contributed by atoms with van der Waals surface area (Å²) in [5.41, 5.74) is 1.31. The summed E-state index contributed by atoms with van der Waals surface area (Å²) in [4.78, 5) is 18.7. The van der Waals surface area contributed by atoms with Crippen LogP contribution in [0.5, 0.6) is 5.75 Å². The van der Waals surface area contributed by atoms with E-state index in [1.165, 1.54) is 0 Å². The van der Waals surface area contributed by atoms with E-state index in [1.54, 1.807) is 36.7 Å². The number of nitrogens with zero attached hydrogens (tertiary/aromatic N) is 1. The number of carbonyl (C=O) groups excluding carboxylic acids is 1. The molecule has 6 heteroatoms. The summed E-state index contributed by atoms with van der Waals surface area (Å²) < 4.78 is 5.51. The molecule has 2 aromatic rings.